The molecular formula is C48H55N5O5. The number of nitrogens with zero attached hydrogens (tertiary/aromatic N) is 4. The molecule has 10 rings (SSSR count). The number of amides is 2. The summed E-state index contributed by atoms with van der Waals surface area (Å²) in [4.78, 5) is 35.7. The number of carbonyl (C=O) groups excluding carboxylic acids is 2. The van der Waals surface area contributed by atoms with E-state index in [-0.39, 0.29) is 23.1 Å². The van der Waals surface area contributed by atoms with Crippen molar-refractivity contribution < 1.29 is 24.9 Å². The average Bonchev–Trinajstić information content (AvgIpc) is 3.92. The minimum atomic E-state index is -1.16. The van der Waals surface area contributed by atoms with E-state index in [0.29, 0.717) is 41.6 Å². The van der Waals surface area contributed by atoms with Gasteiger partial charge < -0.3 is 30.0 Å². The first-order valence-corrected chi connectivity index (χ1v) is 21.5. The summed E-state index contributed by atoms with van der Waals surface area (Å²) >= 11 is 0. The number of piperidine rings is 2. The number of imide groups is 1. The quantitative estimate of drug-likeness (QED) is 0.166. The zero-order valence-corrected chi connectivity index (χ0v) is 33.2. The minimum absolute atomic E-state index is 0.241. The number of phenols is 1. The third-order valence-electron chi connectivity index (χ3n) is 14.6. The molecule has 5 aliphatic heterocycles. The average molecular weight is 782 g/mol. The van der Waals surface area contributed by atoms with Crippen LogP contribution in [0.5, 0.6) is 5.75 Å². The molecule has 302 valence electrons. The van der Waals surface area contributed by atoms with E-state index in [4.69, 9.17) is 0 Å². The number of hydrogen-bond acceptors (Lipinski definition) is 9. The van der Waals surface area contributed by atoms with Gasteiger partial charge in [-0.1, -0.05) is 48.5 Å². The van der Waals surface area contributed by atoms with Crippen LogP contribution in [0.25, 0.3) is 0 Å². The molecule has 4 unspecified atom stereocenters. The van der Waals surface area contributed by atoms with Gasteiger partial charge in [-0.15, -0.1) is 0 Å². The number of hydrogen-bond donors (Lipinski definition) is 4. The predicted molar refractivity (Wildman–Crippen MR) is 224 cm³/mol. The van der Waals surface area contributed by atoms with Crippen LogP contribution in [0.1, 0.15) is 99.8 Å². The summed E-state index contributed by atoms with van der Waals surface area (Å²) in [7, 11) is 0. The summed E-state index contributed by atoms with van der Waals surface area (Å²) in [6.45, 7) is 7.41. The fourth-order valence-electron chi connectivity index (χ4n) is 11.5. The van der Waals surface area contributed by atoms with Crippen LogP contribution in [0.3, 0.4) is 0 Å². The van der Waals surface area contributed by atoms with Crippen LogP contribution in [-0.4, -0.2) is 101 Å². The Hall–Kier alpha value is -4.74. The van der Waals surface area contributed by atoms with Crippen molar-refractivity contribution in [2.75, 3.05) is 55.6 Å². The van der Waals surface area contributed by atoms with Crippen molar-refractivity contribution in [2.24, 2.45) is 11.3 Å². The molecule has 2 amide bonds. The fourth-order valence-corrected chi connectivity index (χ4v) is 11.5. The van der Waals surface area contributed by atoms with E-state index in [1.165, 1.54) is 52.1 Å². The van der Waals surface area contributed by atoms with E-state index >= 15 is 0 Å². The largest absolute Gasteiger partial charge is 0.508 e. The topological polar surface area (TPSA) is 120 Å². The van der Waals surface area contributed by atoms with E-state index in [2.05, 4.69) is 80.7 Å². The number of fused-ring (bicyclic) bond motifs is 2. The Morgan fingerprint density at radius 3 is 2.24 bits per heavy atom. The Bertz CT molecular complexity index is 2170. The normalized spacial score (nSPS) is 29.1. The van der Waals surface area contributed by atoms with Gasteiger partial charge in [-0.2, -0.15) is 0 Å². The maximum Gasteiger partial charge on any atom is 0.262 e. The molecule has 10 nitrogen and oxygen atoms in total. The number of aliphatic hydroxyl groups excluding tert-OH is 2. The Morgan fingerprint density at radius 1 is 0.690 bits per heavy atom. The van der Waals surface area contributed by atoms with Crippen molar-refractivity contribution in [3.63, 3.8) is 0 Å². The first-order chi connectivity index (χ1) is 28.2. The molecule has 58 heavy (non-hydrogen) atoms. The van der Waals surface area contributed by atoms with E-state index in [1.807, 2.05) is 24.3 Å². The third-order valence-corrected chi connectivity index (χ3v) is 14.6. The van der Waals surface area contributed by atoms with Crippen molar-refractivity contribution in [2.45, 2.75) is 81.7 Å². The van der Waals surface area contributed by atoms with Crippen LogP contribution < -0.4 is 15.1 Å². The number of nitrogens with one attached hydrogen (secondary N) is 1. The first kappa shape index (κ1) is 37.5. The van der Waals surface area contributed by atoms with Crippen molar-refractivity contribution in [3.8, 4) is 5.75 Å². The summed E-state index contributed by atoms with van der Waals surface area (Å²) in [6.07, 6.45) is 5.46. The number of anilines is 2. The lowest BCUT2D eigenvalue weighted by atomic mass is 9.69. The molecule has 1 aliphatic carbocycles. The summed E-state index contributed by atoms with van der Waals surface area (Å²) in [5, 5.41) is 33.3. The number of carbonyl (C=O) groups is 2. The minimum Gasteiger partial charge on any atom is -0.508 e. The van der Waals surface area contributed by atoms with Crippen LogP contribution in [0, 0.1) is 11.3 Å². The molecule has 0 bridgehead atoms. The molecule has 5 heterocycles. The molecular weight excluding hydrogens is 727 g/mol. The van der Waals surface area contributed by atoms with E-state index < -0.39 is 18.5 Å². The molecule has 4 saturated heterocycles. The molecule has 4 N–H and O–H groups in total. The van der Waals surface area contributed by atoms with E-state index in [9.17, 15) is 24.9 Å². The summed E-state index contributed by atoms with van der Waals surface area (Å²) in [5.41, 5.74) is 8.65. The van der Waals surface area contributed by atoms with Gasteiger partial charge in [0.15, 0.2) is 0 Å². The summed E-state index contributed by atoms with van der Waals surface area (Å²) < 4.78 is 0. The maximum absolute atomic E-state index is 13.5. The van der Waals surface area contributed by atoms with Gasteiger partial charge in [0.1, 0.15) is 18.2 Å². The Morgan fingerprint density at radius 2 is 1.45 bits per heavy atom. The molecule has 1 spiro atoms. The second-order valence-corrected chi connectivity index (χ2v) is 18.1. The molecule has 0 aromatic heterocycles. The fraction of sp³-hybridized carbons (Fsp3) is 0.458. The smallest absolute Gasteiger partial charge is 0.262 e. The zero-order valence-electron chi connectivity index (χ0n) is 33.2. The van der Waals surface area contributed by atoms with E-state index in [1.54, 1.807) is 6.07 Å². The van der Waals surface area contributed by atoms with Gasteiger partial charge >= 0.3 is 0 Å². The maximum atomic E-state index is 13.5. The molecule has 4 fully saturated rings. The van der Waals surface area contributed by atoms with Gasteiger partial charge in [-0.05, 0) is 134 Å². The highest BCUT2D eigenvalue weighted by molar-refractivity contribution is 6.22. The first-order valence-electron chi connectivity index (χ1n) is 21.5. The summed E-state index contributed by atoms with van der Waals surface area (Å²) in [6, 6.07) is 31.2. The van der Waals surface area contributed by atoms with Crippen molar-refractivity contribution in [1.82, 2.24) is 15.1 Å². The highest BCUT2D eigenvalue weighted by Gasteiger charge is 2.47. The number of aliphatic hydroxyl groups is 2. The number of likely N-dealkylation sites (tertiary alicyclic amines) is 1. The standard InChI is InChI=1S/C48H55N5O5/c54-37-12-15-39-34(26-37)8-13-38(32-4-2-1-3-5-32)44(39)33-6-9-35(10-7-33)51-22-18-31(19-23-51)28-50-24-20-48(29-50)21-25-52(30-48)36-11-14-40-41(27-36)47(58)53(46(40)57)42-16-17-43(55)49-45(42)56/h1-7,9-12,14-15,26-27,31,38,42-45,49,54-56H,8,13,16-25,28-30H2/t38-,42?,43?,44+,45?,48?/m1/s1. The third kappa shape index (κ3) is 6.87. The van der Waals surface area contributed by atoms with Crippen molar-refractivity contribution >= 4 is 23.2 Å². The number of benzene rings is 4. The molecule has 6 atom stereocenters. The van der Waals surface area contributed by atoms with Crippen LogP contribution in [0.4, 0.5) is 11.4 Å². The number of aryl methyl sites for hydroxylation is 1. The zero-order chi connectivity index (χ0) is 39.5. The van der Waals surface area contributed by atoms with Crippen molar-refractivity contribution in [1.29, 1.82) is 0 Å². The van der Waals surface area contributed by atoms with E-state index in [0.717, 1.165) is 70.8 Å². The Kier molecular flexibility index (Phi) is 9.79. The number of rotatable bonds is 7. The molecule has 0 radical (unpaired) electrons. The van der Waals surface area contributed by atoms with Crippen LogP contribution in [0.15, 0.2) is 91.0 Å². The molecule has 4 aromatic rings. The van der Waals surface area contributed by atoms with Gasteiger partial charge in [0.25, 0.3) is 11.8 Å². The molecule has 0 saturated carbocycles. The van der Waals surface area contributed by atoms with Gasteiger partial charge in [0, 0.05) is 62.0 Å². The van der Waals surface area contributed by atoms with Gasteiger partial charge in [-0.3, -0.25) is 19.8 Å². The van der Waals surface area contributed by atoms with Crippen LogP contribution in [-0.2, 0) is 6.42 Å². The lowest BCUT2D eigenvalue weighted by Gasteiger charge is -2.37. The highest BCUT2D eigenvalue weighted by atomic mass is 16.3. The van der Waals surface area contributed by atoms with Gasteiger partial charge in [0.05, 0.1) is 17.2 Å². The van der Waals surface area contributed by atoms with Crippen LogP contribution in [0.2, 0.25) is 0 Å². The molecule has 6 aliphatic rings. The lowest BCUT2D eigenvalue weighted by molar-refractivity contribution is -0.0413. The number of aromatic hydroxyl groups is 1. The summed E-state index contributed by atoms with van der Waals surface area (Å²) in [5.74, 6) is 0.963. The van der Waals surface area contributed by atoms with Gasteiger partial charge in [0.2, 0.25) is 0 Å². The number of phenolic OH excluding ortho intramolecular Hbond substituents is 1. The second kappa shape index (κ2) is 15.1. The van der Waals surface area contributed by atoms with Gasteiger partial charge in [-0.25, -0.2) is 0 Å². The predicted octanol–water partition coefficient (Wildman–Crippen LogP) is 6.06. The van der Waals surface area contributed by atoms with Crippen molar-refractivity contribution in [3.05, 3.63) is 124 Å². The molecule has 4 aromatic carbocycles. The highest BCUT2D eigenvalue weighted by Crippen LogP contribution is 2.48. The monoisotopic (exact) mass is 781 g/mol. The Labute approximate surface area is 341 Å². The van der Waals surface area contributed by atoms with Crippen LogP contribution >= 0.6 is 0 Å². The second-order valence-electron chi connectivity index (χ2n) is 18.1. The SMILES string of the molecule is O=C1c2ccc(N3CCC4(CCN(CC5CCN(c6ccc([C@@H]7c8ccc(O)cc8CC[C@@H]7c7ccccc7)cc6)CC5)C4)C3)cc2C(=O)N1C1CCC(O)NC1O. The Balaban J connectivity index is 0.741. The molecule has 10 heteroatoms. The lowest BCUT2D eigenvalue weighted by Crippen LogP contribution is -2.58.